The number of benzene rings is 4. The van der Waals surface area contributed by atoms with Gasteiger partial charge in [0.15, 0.2) is 5.58 Å². The lowest BCUT2D eigenvalue weighted by atomic mass is 10.0. The smallest absolute Gasteiger partial charge is 0.311 e. The van der Waals surface area contributed by atoms with Crippen molar-refractivity contribution in [2.45, 2.75) is 6.42 Å². The highest BCUT2D eigenvalue weighted by molar-refractivity contribution is 5.89. The molecule has 0 spiro atoms. The molecule has 0 unspecified atom stereocenters. The van der Waals surface area contributed by atoms with Crippen molar-refractivity contribution < 1.29 is 14.4 Å². The molecular formula is C27H19N3O4. The second-order valence-electron chi connectivity index (χ2n) is 7.77. The summed E-state index contributed by atoms with van der Waals surface area (Å²) in [6, 6.07) is 27.6. The van der Waals surface area contributed by atoms with Crippen molar-refractivity contribution in [1.82, 2.24) is 4.98 Å². The first-order valence-corrected chi connectivity index (χ1v) is 10.6. The number of phenolic OH excluding ortho intramolecular Hbond substituents is 1. The third kappa shape index (κ3) is 4.40. The van der Waals surface area contributed by atoms with E-state index in [1.807, 2.05) is 60.7 Å². The molecular weight excluding hydrogens is 430 g/mol. The molecule has 0 saturated carbocycles. The number of aromatic nitrogens is 1. The maximum atomic E-state index is 11.5. The third-order valence-corrected chi connectivity index (χ3v) is 5.37. The van der Waals surface area contributed by atoms with Gasteiger partial charge in [-0.15, -0.1) is 0 Å². The van der Waals surface area contributed by atoms with Crippen LogP contribution in [0.4, 0.5) is 11.4 Å². The van der Waals surface area contributed by atoms with E-state index in [-0.39, 0.29) is 11.3 Å². The summed E-state index contributed by atoms with van der Waals surface area (Å²) in [6.07, 6.45) is 1.92. The van der Waals surface area contributed by atoms with Crippen LogP contribution in [0.2, 0.25) is 0 Å². The van der Waals surface area contributed by atoms with Gasteiger partial charge < -0.3 is 9.52 Å². The number of nitro benzene ring substituents is 1. The van der Waals surface area contributed by atoms with E-state index < -0.39 is 10.7 Å². The maximum Gasteiger partial charge on any atom is 0.311 e. The topological polar surface area (TPSA) is 102 Å². The molecule has 0 fully saturated rings. The number of aliphatic imine (C=N–C) groups is 1. The molecule has 34 heavy (non-hydrogen) atoms. The maximum absolute atomic E-state index is 11.5. The van der Waals surface area contributed by atoms with Crippen LogP contribution in [-0.2, 0) is 6.42 Å². The van der Waals surface area contributed by atoms with Crippen LogP contribution < -0.4 is 0 Å². The zero-order chi connectivity index (χ0) is 23.5. The van der Waals surface area contributed by atoms with Crippen molar-refractivity contribution in [3.8, 4) is 17.2 Å². The fourth-order valence-corrected chi connectivity index (χ4v) is 3.72. The molecule has 5 aromatic rings. The molecule has 4 aromatic carbocycles. The Morgan fingerprint density at radius 1 is 0.941 bits per heavy atom. The highest BCUT2D eigenvalue weighted by Gasteiger charge is 2.18. The van der Waals surface area contributed by atoms with E-state index >= 15 is 0 Å². The zero-order valence-corrected chi connectivity index (χ0v) is 18.0. The molecule has 1 heterocycles. The fraction of sp³-hybridized carbons (Fsp3) is 0.0370. The Bertz CT molecular complexity index is 1510. The molecule has 0 radical (unpaired) electrons. The zero-order valence-electron chi connectivity index (χ0n) is 18.0. The van der Waals surface area contributed by atoms with Crippen molar-refractivity contribution in [1.29, 1.82) is 0 Å². The van der Waals surface area contributed by atoms with E-state index in [9.17, 15) is 15.2 Å². The van der Waals surface area contributed by atoms with Crippen molar-refractivity contribution >= 4 is 28.7 Å². The molecule has 0 aliphatic carbocycles. The van der Waals surface area contributed by atoms with Crippen LogP contribution in [0, 0.1) is 10.1 Å². The summed E-state index contributed by atoms with van der Waals surface area (Å²) in [6.45, 7) is 0. The van der Waals surface area contributed by atoms with Crippen LogP contribution in [-0.4, -0.2) is 21.2 Å². The van der Waals surface area contributed by atoms with E-state index in [2.05, 4.69) is 9.98 Å². The quantitative estimate of drug-likeness (QED) is 0.182. The lowest BCUT2D eigenvalue weighted by Gasteiger charge is -2.06. The van der Waals surface area contributed by atoms with Crippen molar-refractivity contribution in [3.05, 3.63) is 118 Å². The van der Waals surface area contributed by atoms with Crippen LogP contribution in [0.3, 0.4) is 0 Å². The molecule has 7 nitrogen and oxygen atoms in total. The van der Waals surface area contributed by atoms with Crippen molar-refractivity contribution in [3.63, 3.8) is 0 Å². The molecule has 1 aromatic heterocycles. The van der Waals surface area contributed by atoms with Gasteiger partial charge in [-0.05, 0) is 53.9 Å². The Labute approximate surface area is 194 Å². The lowest BCUT2D eigenvalue weighted by Crippen LogP contribution is -1.97. The Morgan fingerprint density at radius 3 is 2.41 bits per heavy atom. The summed E-state index contributed by atoms with van der Waals surface area (Å²) >= 11 is 0. The summed E-state index contributed by atoms with van der Waals surface area (Å²) in [5.74, 6) is 0.0954. The first-order chi connectivity index (χ1) is 16.6. The van der Waals surface area contributed by atoms with E-state index in [4.69, 9.17) is 4.42 Å². The molecule has 5 rings (SSSR count). The van der Waals surface area contributed by atoms with Gasteiger partial charge >= 0.3 is 5.69 Å². The minimum atomic E-state index is -0.590. The summed E-state index contributed by atoms with van der Waals surface area (Å²) in [5.41, 5.74) is 4.35. The van der Waals surface area contributed by atoms with E-state index in [0.29, 0.717) is 34.7 Å². The van der Waals surface area contributed by atoms with Crippen LogP contribution in [0.5, 0.6) is 5.75 Å². The van der Waals surface area contributed by atoms with Gasteiger partial charge in [0.2, 0.25) is 11.6 Å². The lowest BCUT2D eigenvalue weighted by molar-refractivity contribution is -0.385. The summed E-state index contributed by atoms with van der Waals surface area (Å²) < 4.78 is 5.83. The van der Waals surface area contributed by atoms with Crippen LogP contribution >= 0.6 is 0 Å². The van der Waals surface area contributed by atoms with Gasteiger partial charge in [-0.1, -0.05) is 48.5 Å². The Morgan fingerprint density at radius 2 is 1.68 bits per heavy atom. The number of fused-ring (bicyclic) bond motifs is 1. The first-order valence-electron chi connectivity index (χ1n) is 10.6. The van der Waals surface area contributed by atoms with Crippen molar-refractivity contribution in [2.75, 3.05) is 0 Å². The average molecular weight is 449 g/mol. The number of rotatable bonds is 6. The Hall–Kier alpha value is -4.78. The van der Waals surface area contributed by atoms with Gasteiger partial charge in [0.05, 0.1) is 10.6 Å². The van der Waals surface area contributed by atoms with Gasteiger partial charge in [-0.3, -0.25) is 15.1 Å². The van der Waals surface area contributed by atoms with Gasteiger partial charge in [-0.2, -0.15) is 0 Å². The van der Waals surface area contributed by atoms with Gasteiger partial charge in [0.25, 0.3) is 0 Å². The second kappa shape index (κ2) is 8.99. The molecule has 1 N–H and O–H groups in total. The number of nitro groups is 1. The molecule has 166 valence electrons. The number of hydrogen-bond donors (Lipinski definition) is 1. The molecule has 0 bridgehead atoms. The molecule has 0 aliphatic heterocycles. The first kappa shape index (κ1) is 21.1. The van der Waals surface area contributed by atoms with E-state index in [0.717, 1.165) is 11.1 Å². The minimum absolute atomic E-state index is 0.269. The van der Waals surface area contributed by atoms with Crippen molar-refractivity contribution in [2.24, 2.45) is 4.99 Å². The predicted octanol–water partition coefficient (Wildman–Crippen LogP) is 6.45. The predicted molar refractivity (Wildman–Crippen MR) is 131 cm³/mol. The number of phenols is 1. The normalized spacial score (nSPS) is 11.3. The SMILES string of the molecule is O=[N+]([O-])c1cc(Cc2ccccc2)cc(C=Nc2ccc3oc(-c4ccccc4)nc3c2)c1O. The standard InChI is InChI=1S/C27H19N3O4/c31-26-21(14-19(15-24(26)30(32)33)13-18-7-3-1-4-8-18)17-28-22-11-12-25-23(16-22)29-27(34-25)20-9-5-2-6-10-20/h1-12,14-17,31H,13H2. The summed E-state index contributed by atoms with van der Waals surface area (Å²) in [5, 5.41) is 22.0. The molecule has 7 heteroatoms. The third-order valence-electron chi connectivity index (χ3n) is 5.37. The van der Waals surface area contributed by atoms with Gasteiger partial charge in [0, 0.05) is 23.4 Å². The highest BCUT2D eigenvalue weighted by Crippen LogP contribution is 2.32. The minimum Gasteiger partial charge on any atom is -0.502 e. The Kier molecular flexibility index (Phi) is 5.58. The van der Waals surface area contributed by atoms with Crippen LogP contribution in [0.15, 0.2) is 100 Å². The Balaban J connectivity index is 1.47. The molecule has 0 aliphatic rings. The number of nitrogens with zero attached hydrogens (tertiary/aromatic N) is 3. The fourth-order valence-electron chi connectivity index (χ4n) is 3.72. The number of hydrogen-bond acceptors (Lipinski definition) is 6. The molecule has 0 saturated heterocycles. The summed E-state index contributed by atoms with van der Waals surface area (Å²) in [7, 11) is 0. The van der Waals surface area contributed by atoms with Gasteiger partial charge in [-0.25, -0.2) is 4.98 Å². The van der Waals surface area contributed by atoms with Crippen LogP contribution in [0.1, 0.15) is 16.7 Å². The number of aromatic hydroxyl groups is 1. The number of oxazole rings is 1. The average Bonchev–Trinajstić information content (AvgIpc) is 3.29. The van der Waals surface area contributed by atoms with Crippen LogP contribution in [0.25, 0.3) is 22.6 Å². The van der Waals surface area contributed by atoms with E-state index in [1.54, 1.807) is 24.3 Å². The molecule has 0 amide bonds. The van der Waals surface area contributed by atoms with E-state index in [1.165, 1.54) is 12.3 Å². The van der Waals surface area contributed by atoms with Gasteiger partial charge in [0.1, 0.15) is 5.52 Å². The largest absolute Gasteiger partial charge is 0.502 e. The highest BCUT2D eigenvalue weighted by atomic mass is 16.6. The molecule has 0 atom stereocenters. The second-order valence-corrected chi connectivity index (χ2v) is 7.77. The monoisotopic (exact) mass is 449 g/mol. The summed E-state index contributed by atoms with van der Waals surface area (Å²) in [4.78, 5) is 19.9.